The maximum atomic E-state index is 12.2. The summed E-state index contributed by atoms with van der Waals surface area (Å²) in [5.41, 5.74) is 1.25. The molecule has 0 radical (unpaired) electrons. The van der Waals surface area contributed by atoms with Crippen molar-refractivity contribution in [3.05, 3.63) is 47.5 Å². The molecule has 1 N–H and O–H groups in total. The predicted octanol–water partition coefficient (Wildman–Crippen LogP) is 1.99. The van der Waals surface area contributed by atoms with Gasteiger partial charge in [-0.3, -0.25) is 4.79 Å². The Morgan fingerprint density at radius 1 is 0.966 bits per heavy atom. The van der Waals surface area contributed by atoms with Crippen LogP contribution >= 0.6 is 0 Å². The van der Waals surface area contributed by atoms with Gasteiger partial charge in [-0.25, -0.2) is 4.79 Å². The second-order valence-corrected chi connectivity index (χ2v) is 6.26. The molecule has 0 fully saturated rings. The Morgan fingerprint density at radius 3 is 2.34 bits per heavy atom. The lowest BCUT2D eigenvalue weighted by atomic mass is 10.1. The van der Waals surface area contributed by atoms with Gasteiger partial charge < -0.3 is 29.0 Å². The van der Waals surface area contributed by atoms with Crippen molar-refractivity contribution in [3.8, 4) is 23.0 Å². The Kier molecular flexibility index (Phi) is 6.78. The zero-order valence-electron chi connectivity index (χ0n) is 16.4. The smallest absolute Gasteiger partial charge is 0.338 e. The van der Waals surface area contributed by atoms with Crippen LogP contribution in [0.3, 0.4) is 0 Å². The summed E-state index contributed by atoms with van der Waals surface area (Å²) in [4.78, 5) is 24.1. The molecule has 0 saturated heterocycles. The maximum Gasteiger partial charge on any atom is 0.338 e. The van der Waals surface area contributed by atoms with Crippen LogP contribution in [0.4, 0.5) is 0 Å². The number of ether oxygens (including phenoxy) is 5. The number of hydrogen-bond acceptors (Lipinski definition) is 7. The number of carbonyl (C=O) groups excluding carboxylic acids is 2. The van der Waals surface area contributed by atoms with Gasteiger partial charge in [0, 0.05) is 12.6 Å². The van der Waals surface area contributed by atoms with Gasteiger partial charge in [0.15, 0.2) is 18.1 Å². The van der Waals surface area contributed by atoms with Gasteiger partial charge in [-0.15, -0.1) is 0 Å². The van der Waals surface area contributed by atoms with Crippen LogP contribution in [0.2, 0.25) is 0 Å². The quantitative estimate of drug-likeness (QED) is 0.676. The van der Waals surface area contributed by atoms with E-state index in [0.717, 1.165) is 11.3 Å². The molecule has 1 aliphatic heterocycles. The van der Waals surface area contributed by atoms with E-state index < -0.39 is 5.97 Å². The summed E-state index contributed by atoms with van der Waals surface area (Å²) < 4.78 is 26.3. The summed E-state index contributed by atoms with van der Waals surface area (Å²) in [7, 11) is 2.97. The van der Waals surface area contributed by atoms with Crippen LogP contribution in [0.15, 0.2) is 36.4 Å². The van der Waals surface area contributed by atoms with Crippen molar-refractivity contribution < 1.29 is 33.3 Å². The fourth-order valence-corrected chi connectivity index (χ4v) is 2.78. The third-order valence-corrected chi connectivity index (χ3v) is 4.26. The molecule has 0 bridgehead atoms. The average Bonchev–Trinajstić information content (AvgIpc) is 2.76. The Bertz CT molecular complexity index is 859. The molecule has 2 aromatic rings. The molecule has 8 nitrogen and oxygen atoms in total. The topological polar surface area (TPSA) is 92.3 Å². The highest BCUT2D eigenvalue weighted by atomic mass is 16.6. The number of nitrogens with one attached hydrogen (secondary N) is 1. The fraction of sp³-hybridized carbons (Fsp3) is 0.333. The normalized spacial score (nSPS) is 12.1. The van der Waals surface area contributed by atoms with E-state index >= 15 is 0 Å². The lowest BCUT2D eigenvalue weighted by molar-refractivity contribution is -0.124. The Morgan fingerprint density at radius 2 is 1.66 bits per heavy atom. The monoisotopic (exact) mass is 401 g/mol. The Hall–Kier alpha value is -3.42. The highest BCUT2D eigenvalue weighted by molar-refractivity contribution is 5.92. The number of fused-ring (bicyclic) bond motifs is 1. The largest absolute Gasteiger partial charge is 0.497 e. The predicted molar refractivity (Wildman–Crippen MR) is 104 cm³/mol. The highest BCUT2D eigenvalue weighted by Crippen LogP contribution is 2.30. The van der Waals surface area contributed by atoms with Crippen molar-refractivity contribution in [1.29, 1.82) is 0 Å². The second kappa shape index (κ2) is 9.68. The van der Waals surface area contributed by atoms with Gasteiger partial charge in [0.05, 0.1) is 19.8 Å². The van der Waals surface area contributed by atoms with Gasteiger partial charge in [-0.2, -0.15) is 0 Å². The first-order valence-electron chi connectivity index (χ1n) is 9.14. The molecule has 0 spiro atoms. The molecule has 0 aromatic heterocycles. The van der Waals surface area contributed by atoms with E-state index in [1.165, 1.54) is 26.4 Å². The molecule has 1 heterocycles. The SMILES string of the molecule is COc1cc(OC)cc(C(=O)OCC(=O)NCCc2ccc3c(c2)OCCO3)c1. The molecule has 0 aliphatic carbocycles. The minimum absolute atomic E-state index is 0.241. The van der Waals surface area contributed by atoms with Crippen molar-refractivity contribution >= 4 is 11.9 Å². The second-order valence-electron chi connectivity index (χ2n) is 6.26. The van der Waals surface area contributed by atoms with Crippen molar-refractivity contribution in [2.24, 2.45) is 0 Å². The van der Waals surface area contributed by atoms with E-state index in [2.05, 4.69) is 5.32 Å². The third-order valence-electron chi connectivity index (χ3n) is 4.26. The molecule has 154 valence electrons. The first kappa shape index (κ1) is 20.3. The van der Waals surface area contributed by atoms with E-state index in [-0.39, 0.29) is 18.1 Å². The zero-order chi connectivity index (χ0) is 20.6. The molecule has 1 aliphatic rings. The van der Waals surface area contributed by atoms with E-state index in [4.69, 9.17) is 23.7 Å². The zero-order valence-corrected chi connectivity index (χ0v) is 16.4. The van der Waals surface area contributed by atoms with Crippen molar-refractivity contribution in [3.63, 3.8) is 0 Å². The molecule has 1 amide bonds. The van der Waals surface area contributed by atoms with Crippen molar-refractivity contribution in [2.45, 2.75) is 6.42 Å². The van der Waals surface area contributed by atoms with E-state index in [9.17, 15) is 9.59 Å². The van der Waals surface area contributed by atoms with Crippen LogP contribution in [-0.2, 0) is 16.0 Å². The molecule has 2 aromatic carbocycles. The Labute approximate surface area is 168 Å². The van der Waals surface area contributed by atoms with E-state index in [1.807, 2.05) is 18.2 Å². The van der Waals surface area contributed by atoms with Crippen LogP contribution in [0.1, 0.15) is 15.9 Å². The van der Waals surface area contributed by atoms with Crippen molar-refractivity contribution in [2.75, 3.05) is 40.6 Å². The number of benzene rings is 2. The maximum absolute atomic E-state index is 12.2. The number of hydrogen-bond donors (Lipinski definition) is 1. The summed E-state index contributed by atoms with van der Waals surface area (Å²) in [6, 6.07) is 10.4. The minimum Gasteiger partial charge on any atom is -0.497 e. The van der Waals surface area contributed by atoms with Crippen LogP contribution < -0.4 is 24.3 Å². The van der Waals surface area contributed by atoms with Crippen molar-refractivity contribution in [1.82, 2.24) is 5.32 Å². The first-order chi connectivity index (χ1) is 14.1. The van der Waals surface area contributed by atoms with Crippen LogP contribution in [-0.4, -0.2) is 52.5 Å². The molecular weight excluding hydrogens is 378 g/mol. The molecular formula is C21H23NO7. The van der Waals surface area contributed by atoms with Gasteiger partial charge in [-0.1, -0.05) is 6.07 Å². The van der Waals surface area contributed by atoms with Gasteiger partial charge in [-0.05, 0) is 36.2 Å². The highest BCUT2D eigenvalue weighted by Gasteiger charge is 2.14. The Balaban J connectivity index is 1.45. The molecule has 29 heavy (non-hydrogen) atoms. The third kappa shape index (κ3) is 5.54. The number of amides is 1. The van der Waals surface area contributed by atoms with Crippen LogP contribution in [0.5, 0.6) is 23.0 Å². The standard InChI is InChI=1S/C21H23NO7/c1-25-16-10-15(11-17(12-16)26-2)21(24)29-13-20(23)22-6-5-14-3-4-18-19(9-14)28-8-7-27-18/h3-4,9-12H,5-8,13H2,1-2H3,(H,22,23). The molecule has 8 heteroatoms. The van der Waals surface area contributed by atoms with Gasteiger partial charge in [0.25, 0.3) is 5.91 Å². The summed E-state index contributed by atoms with van der Waals surface area (Å²) in [6.07, 6.45) is 0.614. The molecule has 0 atom stereocenters. The van der Waals surface area contributed by atoms with Crippen LogP contribution in [0.25, 0.3) is 0 Å². The minimum atomic E-state index is -0.635. The molecule has 0 unspecified atom stereocenters. The molecule has 0 saturated carbocycles. The van der Waals surface area contributed by atoms with E-state index in [0.29, 0.717) is 43.4 Å². The summed E-state index contributed by atoms with van der Waals surface area (Å²) in [5, 5.41) is 2.73. The lowest BCUT2D eigenvalue weighted by Crippen LogP contribution is -2.30. The summed E-state index contributed by atoms with van der Waals surface area (Å²) >= 11 is 0. The van der Waals surface area contributed by atoms with Gasteiger partial charge in [0.1, 0.15) is 24.7 Å². The van der Waals surface area contributed by atoms with E-state index in [1.54, 1.807) is 6.07 Å². The number of esters is 1. The number of carbonyl (C=O) groups is 2. The molecule has 3 rings (SSSR count). The van der Waals surface area contributed by atoms with Gasteiger partial charge in [0.2, 0.25) is 0 Å². The number of rotatable bonds is 8. The fourth-order valence-electron chi connectivity index (χ4n) is 2.78. The van der Waals surface area contributed by atoms with Gasteiger partial charge >= 0.3 is 5.97 Å². The summed E-state index contributed by atoms with van der Waals surface area (Å²) in [5.74, 6) is 1.34. The number of methoxy groups -OCH3 is 2. The lowest BCUT2D eigenvalue weighted by Gasteiger charge is -2.18. The van der Waals surface area contributed by atoms with Crippen LogP contribution in [0, 0.1) is 0 Å². The summed E-state index contributed by atoms with van der Waals surface area (Å²) in [6.45, 7) is 1.10. The first-order valence-corrected chi connectivity index (χ1v) is 9.14. The average molecular weight is 401 g/mol.